The Kier molecular flexibility index (Phi) is 5.32. The number of carbonyl (C=O) groups excluding carboxylic acids is 1. The topological polar surface area (TPSA) is 85.0 Å². The second-order valence-corrected chi connectivity index (χ2v) is 5.45. The Labute approximate surface area is 130 Å². The van der Waals surface area contributed by atoms with Gasteiger partial charge in [-0.25, -0.2) is 0 Å². The van der Waals surface area contributed by atoms with E-state index in [1.54, 1.807) is 19.2 Å². The van der Waals surface area contributed by atoms with Crippen LogP contribution in [0.2, 0.25) is 0 Å². The maximum Gasteiger partial charge on any atom is 0.242 e. The van der Waals surface area contributed by atoms with Gasteiger partial charge in [0.2, 0.25) is 5.91 Å². The maximum absolute atomic E-state index is 12.3. The first-order valence-corrected chi connectivity index (χ1v) is 7.50. The summed E-state index contributed by atoms with van der Waals surface area (Å²) in [6.45, 7) is 7.86. The molecule has 0 radical (unpaired) electrons. The van der Waals surface area contributed by atoms with Crippen molar-refractivity contribution in [2.45, 2.75) is 52.2 Å². The van der Waals surface area contributed by atoms with E-state index in [-0.39, 0.29) is 24.0 Å². The van der Waals surface area contributed by atoms with Gasteiger partial charge in [0.05, 0.1) is 12.1 Å². The fourth-order valence-corrected chi connectivity index (χ4v) is 2.22. The second-order valence-electron chi connectivity index (χ2n) is 5.45. The van der Waals surface area contributed by atoms with E-state index in [9.17, 15) is 4.79 Å². The lowest BCUT2D eigenvalue weighted by atomic mass is 10.1. The van der Waals surface area contributed by atoms with Crippen LogP contribution in [-0.2, 0) is 4.79 Å². The lowest BCUT2D eigenvalue weighted by Gasteiger charge is -2.26. The highest BCUT2D eigenvalue weighted by Crippen LogP contribution is 2.12. The summed E-state index contributed by atoms with van der Waals surface area (Å²) in [6.07, 6.45) is 4.35. The summed E-state index contributed by atoms with van der Waals surface area (Å²) in [4.78, 5) is 12.3. The van der Waals surface area contributed by atoms with E-state index in [1.807, 2.05) is 30.8 Å². The van der Waals surface area contributed by atoms with Gasteiger partial charge in [0, 0.05) is 24.5 Å². The van der Waals surface area contributed by atoms with Gasteiger partial charge in [0.1, 0.15) is 5.76 Å². The molecule has 2 heterocycles. The van der Waals surface area contributed by atoms with Crippen LogP contribution >= 0.6 is 0 Å². The molecule has 2 aromatic rings. The molecule has 0 spiro atoms. The third-order valence-corrected chi connectivity index (χ3v) is 3.73. The van der Waals surface area contributed by atoms with Gasteiger partial charge in [0.15, 0.2) is 5.82 Å². The van der Waals surface area contributed by atoms with Crippen molar-refractivity contribution in [2.24, 2.45) is 0 Å². The summed E-state index contributed by atoms with van der Waals surface area (Å²) >= 11 is 0. The van der Waals surface area contributed by atoms with Gasteiger partial charge in [0.25, 0.3) is 0 Å². The highest BCUT2D eigenvalue weighted by molar-refractivity contribution is 5.93. The zero-order valence-electron chi connectivity index (χ0n) is 13.4. The number of hydrogen-bond acceptors (Lipinski definition) is 5. The number of hydrogen-bond donors (Lipinski definition) is 2. The van der Waals surface area contributed by atoms with Gasteiger partial charge in [-0.05, 0) is 33.3 Å². The lowest BCUT2D eigenvalue weighted by Crippen LogP contribution is -2.47. The number of aryl methyl sites for hydroxylation is 1. The third-order valence-electron chi connectivity index (χ3n) is 3.73. The van der Waals surface area contributed by atoms with Crippen LogP contribution in [0, 0.1) is 6.92 Å². The molecule has 0 saturated heterocycles. The highest BCUT2D eigenvalue weighted by Gasteiger charge is 2.23. The molecule has 7 heteroatoms. The molecule has 1 amide bonds. The van der Waals surface area contributed by atoms with E-state index in [0.717, 1.165) is 0 Å². The van der Waals surface area contributed by atoms with E-state index in [4.69, 9.17) is 4.52 Å². The molecule has 0 aliphatic carbocycles. The van der Waals surface area contributed by atoms with Crippen molar-refractivity contribution in [1.82, 2.24) is 20.3 Å². The molecule has 2 N–H and O–H groups in total. The Morgan fingerprint density at radius 1 is 1.45 bits per heavy atom. The summed E-state index contributed by atoms with van der Waals surface area (Å²) in [5, 5.41) is 14.1. The Hall–Kier alpha value is -2.15. The number of anilines is 1. The van der Waals surface area contributed by atoms with Crippen molar-refractivity contribution in [2.75, 3.05) is 5.32 Å². The molecule has 3 atom stereocenters. The molecule has 0 unspecified atom stereocenters. The van der Waals surface area contributed by atoms with Crippen LogP contribution in [0.3, 0.4) is 0 Å². The van der Waals surface area contributed by atoms with E-state index < -0.39 is 0 Å². The molecule has 2 aromatic heterocycles. The van der Waals surface area contributed by atoms with Gasteiger partial charge >= 0.3 is 0 Å². The van der Waals surface area contributed by atoms with Crippen molar-refractivity contribution in [3.8, 4) is 0 Å². The quantitative estimate of drug-likeness (QED) is 0.818. The average Bonchev–Trinajstić information content (AvgIpc) is 3.15. The third kappa shape index (κ3) is 3.94. The van der Waals surface area contributed by atoms with Crippen LogP contribution in [0.1, 0.15) is 39.0 Å². The summed E-state index contributed by atoms with van der Waals surface area (Å²) in [5.74, 6) is 0.989. The molecule has 0 aliphatic rings. The van der Waals surface area contributed by atoms with Gasteiger partial charge in [-0.1, -0.05) is 12.1 Å². The van der Waals surface area contributed by atoms with Crippen LogP contribution in [0.15, 0.2) is 29.0 Å². The summed E-state index contributed by atoms with van der Waals surface area (Å²) in [7, 11) is 0. The standard InChI is InChI=1S/C15H23N5O2/c1-5-13(15(21)18-14-9-10(2)22-19-14)17-11(3)12(4)20-8-6-7-16-20/h6-9,11-13,17H,5H2,1-4H3,(H,18,19,21)/t11-,12+,13+/m1/s1. The van der Waals surface area contributed by atoms with Gasteiger partial charge < -0.3 is 15.2 Å². The van der Waals surface area contributed by atoms with E-state index in [0.29, 0.717) is 18.0 Å². The van der Waals surface area contributed by atoms with Crippen molar-refractivity contribution in [3.05, 3.63) is 30.3 Å². The van der Waals surface area contributed by atoms with Crippen molar-refractivity contribution < 1.29 is 9.32 Å². The second kappa shape index (κ2) is 7.22. The molecule has 0 bridgehead atoms. The molecule has 7 nitrogen and oxygen atoms in total. The predicted octanol–water partition coefficient (Wildman–Crippen LogP) is 2.14. The van der Waals surface area contributed by atoms with Crippen LogP contribution < -0.4 is 10.6 Å². The van der Waals surface area contributed by atoms with Crippen molar-refractivity contribution >= 4 is 11.7 Å². The number of nitrogens with zero attached hydrogens (tertiary/aromatic N) is 3. The molecule has 22 heavy (non-hydrogen) atoms. The fraction of sp³-hybridized carbons (Fsp3) is 0.533. The zero-order valence-corrected chi connectivity index (χ0v) is 13.4. The maximum atomic E-state index is 12.3. The Balaban J connectivity index is 1.94. The minimum atomic E-state index is -0.301. The summed E-state index contributed by atoms with van der Waals surface area (Å²) in [5.41, 5.74) is 0. The average molecular weight is 305 g/mol. The number of aromatic nitrogens is 3. The first kappa shape index (κ1) is 16.2. The summed E-state index contributed by atoms with van der Waals surface area (Å²) < 4.78 is 6.83. The predicted molar refractivity (Wildman–Crippen MR) is 83.5 cm³/mol. The number of carbonyl (C=O) groups is 1. The molecule has 0 fully saturated rings. The normalized spacial score (nSPS) is 15.3. The molecule has 120 valence electrons. The SMILES string of the molecule is CC[C@H](N[C@H](C)[C@H](C)n1cccn1)C(=O)Nc1cc(C)on1. The lowest BCUT2D eigenvalue weighted by molar-refractivity contribution is -0.118. The van der Waals surface area contributed by atoms with Gasteiger partial charge in [-0.15, -0.1) is 0 Å². The largest absolute Gasteiger partial charge is 0.360 e. The van der Waals surface area contributed by atoms with Gasteiger partial charge in [-0.3, -0.25) is 9.48 Å². The van der Waals surface area contributed by atoms with Gasteiger partial charge in [-0.2, -0.15) is 5.10 Å². The van der Waals surface area contributed by atoms with E-state index in [2.05, 4.69) is 27.8 Å². The number of nitrogens with one attached hydrogen (secondary N) is 2. The molecule has 0 aliphatic heterocycles. The number of amides is 1. The monoisotopic (exact) mass is 305 g/mol. The smallest absolute Gasteiger partial charge is 0.242 e. The Morgan fingerprint density at radius 3 is 2.77 bits per heavy atom. The van der Waals surface area contributed by atoms with Crippen LogP contribution in [-0.4, -0.2) is 32.9 Å². The molecule has 0 aromatic carbocycles. The Morgan fingerprint density at radius 2 is 2.23 bits per heavy atom. The first-order chi connectivity index (χ1) is 10.5. The van der Waals surface area contributed by atoms with Crippen LogP contribution in [0.5, 0.6) is 0 Å². The molecular weight excluding hydrogens is 282 g/mol. The highest BCUT2D eigenvalue weighted by atomic mass is 16.5. The molecular formula is C15H23N5O2. The number of rotatable bonds is 7. The van der Waals surface area contributed by atoms with Crippen LogP contribution in [0.4, 0.5) is 5.82 Å². The minimum Gasteiger partial charge on any atom is -0.360 e. The summed E-state index contributed by atoms with van der Waals surface area (Å²) in [6, 6.07) is 3.52. The fourth-order valence-electron chi connectivity index (χ4n) is 2.22. The Bertz CT molecular complexity index is 593. The van der Waals surface area contributed by atoms with E-state index >= 15 is 0 Å². The van der Waals surface area contributed by atoms with E-state index in [1.165, 1.54) is 0 Å². The van der Waals surface area contributed by atoms with Crippen molar-refractivity contribution in [1.29, 1.82) is 0 Å². The molecule has 2 rings (SSSR count). The zero-order chi connectivity index (χ0) is 16.1. The van der Waals surface area contributed by atoms with Crippen LogP contribution in [0.25, 0.3) is 0 Å². The first-order valence-electron chi connectivity index (χ1n) is 7.50. The van der Waals surface area contributed by atoms with Crippen molar-refractivity contribution in [3.63, 3.8) is 0 Å². The minimum absolute atomic E-state index is 0.0923. The molecule has 0 saturated carbocycles.